The largest absolute Gasteiger partial charge is 0.426 e. The summed E-state index contributed by atoms with van der Waals surface area (Å²) in [6, 6.07) is 13.9. The van der Waals surface area contributed by atoms with Crippen LogP contribution in [0.2, 0.25) is 0 Å². The van der Waals surface area contributed by atoms with Crippen LogP contribution in [0.4, 0.5) is 0 Å². The van der Waals surface area contributed by atoms with E-state index in [9.17, 15) is 4.79 Å². The van der Waals surface area contributed by atoms with E-state index in [0.717, 1.165) is 22.2 Å². The molecule has 3 aromatic rings. The van der Waals surface area contributed by atoms with Crippen LogP contribution in [-0.2, 0) is 11.2 Å². The van der Waals surface area contributed by atoms with Gasteiger partial charge in [-0.15, -0.1) is 0 Å². The minimum absolute atomic E-state index is 0.197. The van der Waals surface area contributed by atoms with Crippen LogP contribution in [-0.4, -0.2) is 11.0 Å². The first-order chi connectivity index (χ1) is 10.6. The minimum atomic E-state index is -0.197. The van der Waals surface area contributed by atoms with Crippen molar-refractivity contribution in [2.45, 2.75) is 26.7 Å². The van der Waals surface area contributed by atoms with Gasteiger partial charge < -0.3 is 9.72 Å². The lowest BCUT2D eigenvalue weighted by Crippen LogP contribution is -2.09. The fraction of sp³-hybridized carbons (Fsp3) is 0.211. The Labute approximate surface area is 129 Å². The van der Waals surface area contributed by atoms with E-state index in [4.69, 9.17) is 4.74 Å². The number of ether oxygens (including phenoxy) is 1. The number of aromatic amines is 1. The van der Waals surface area contributed by atoms with E-state index < -0.39 is 0 Å². The van der Waals surface area contributed by atoms with Crippen molar-refractivity contribution in [2.75, 3.05) is 0 Å². The number of nitrogens with one attached hydrogen (secondary N) is 1. The summed E-state index contributed by atoms with van der Waals surface area (Å²) in [5, 5.41) is 1.17. The number of aryl methyl sites for hydroxylation is 3. The monoisotopic (exact) mass is 293 g/mol. The maximum Gasteiger partial charge on any atom is 0.311 e. The van der Waals surface area contributed by atoms with Crippen molar-refractivity contribution in [3.8, 4) is 5.75 Å². The molecule has 3 rings (SSSR count). The van der Waals surface area contributed by atoms with Gasteiger partial charge in [-0.3, -0.25) is 4.79 Å². The number of H-pyrrole nitrogens is 1. The first-order valence-electron chi connectivity index (χ1n) is 7.46. The molecule has 22 heavy (non-hydrogen) atoms. The molecule has 0 saturated heterocycles. The molecule has 2 aromatic carbocycles. The van der Waals surface area contributed by atoms with Gasteiger partial charge in [0, 0.05) is 17.1 Å². The fourth-order valence-corrected chi connectivity index (χ4v) is 2.66. The second-order valence-electron chi connectivity index (χ2n) is 5.60. The number of hydrogen-bond acceptors (Lipinski definition) is 2. The first kappa shape index (κ1) is 14.4. The summed E-state index contributed by atoms with van der Waals surface area (Å²) in [5.74, 6) is 0.451. The van der Waals surface area contributed by atoms with Gasteiger partial charge in [0.05, 0.1) is 6.42 Å². The number of fused-ring (bicyclic) bond motifs is 1. The summed E-state index contributed by atoms with van der Waals surface area (Å²) in [7, 11) is 0. The number of hydrogen-bond donors (Lipinski definition) is 1. The van der Waals surface area contributed by atoms with Gasteiger partial charge in [-0.2, -0.15) is 0 Å². The average Bonchev–Trinajstić information content (AvgIpc) is 2.91. The van der Waals surface area contributed by atoms with Crippen LogP contribution in [0.3, 0.4) is 0 Å². The summed E-state index contributed by atoms with van der Waals surface area (Å²) >= 11 is 0. The molecule has 0 spiro atoms. The molecule has 1 N–H and O–H groups in total. The zero-order valence-electron chi connectivity index (χ0n) is 12.8. The highest BCUT2D eigenvalue weighted by molar-refractivity contribution is 5.83. The zero-order chi connectivity index (χ0) is 15.5. The molecule has 0 bridgehead atoms. The summed E-state index contributed by atoms with van der Waals surface area (Å²) < 4.78 is 5.46. The molecule has 0 aliphatic carbocycles. The molecule has 112 valence electrons. The van der Waals surface area contributed by atoms with E-state index in [1.54, 1.807) is 0 Å². The Bertz CT molecular complexity index is 817. The highest BCUT2D eigenvalue weighted by Gasteiger charge is 2.10. The third-order valence-electron chi connectivity index (χ3n) is 3.83. The molecule has 3 heteroatoms. The van der Waals surface area contributed by atoms with Crippen LogP contribution in [0.1, 0.15) is 23.1 Å². The molecule has 0 fully saturated rings. The van der Waals surface area contributed by atoms with Crippen molar-refractivity contribution in [1.29, 1.82) is 0 Å². The summed E-state index contributed by atoms with van der Waals surface area (Å²) in [6.07, 6.45) is 3.01. The van der Waals surface area contributed by atoms with Crippen molar-refractivity contribution < 1.29 is 9.53 Å². The molecule has 1 aromatic heterocycles. The molecule has 0 saturated carbocycles. The fourth-order valence-electron chi connectivity index (χ4n) is 2.66. The Morgan fingerprint density at radius 2 is 1.95 bits per heavy atom. The van der Waals surface area contributed by atoms with Gasteiger partial charge in [-0.05, 0) is 43.5 Å². The van der Waals surface area contributed by atoms with Crippen LogP contribution in [0.25, 0.3) is 10.9 Å². The van der Waals surface area contributed by atoms with Gasteiger partial charge in [0.1, 0.15) is 5.75 Å². The number of carbonyl (C=O) groups is 1. The van der Waals surface area contributed by atoms with Crippen LogP contribution >= 0.6 is 0 Å². The Morgan fingerprint density at radius 3 is 2.77 bits per heavy atom. The summed E-state index contributed by atoms with van der Waals surface area (Å²) in [6.45, 7) is 3.98. The number of rotatable bonds is 4. The van der Waals surface area contributed by atoms with Crippen molar-refractivity contribution in [3.63, 3.8) is 0 Å². The smallest absolute Gasteiger partial charge is 0.311 e. The van der Waals surface area contributed by atoms with Crippen molar-refractivity contribution >= 4 is 16.9 Å². The topological polar surface area (TPSA) is 42.1 Å². The second kappa shape index (κ2) is 6.06. The normalized spacial score (nSPS) is 10.8. The molecule has 0 aliphatic heterocycles. The van der Waals surface area contributed by atoms with Gasteiger partial charge in [0.15, 0.2) is 0 Å². The Hall–Kier alpha value is -2.55. The highest BCUT2D eigenvalue weighted by Crippen LogP contribution is 2.21. The van der Waals surface area contributed by atoms with Crippen molar-refractivity contribution in [1.82, 2.24) is 4.98 Å². The van der Waals surface area contributed by atoms with Crippen LogP contribution in [0.5, 0.6) is 5.75 Å². The second-order valence-corrected chi connectivity index (χ2v) is 5.60. The molecule has 0 aliphatic rings. The molecular weight excluding hydrogens is 274 g/mol. The third-order valence-corrected chi connectivity index (χ3v) is 3.83. The molecule has 3 nitrogen and oxygen atoms in total. The van der Waals surface area contributed by atoms with Crippen LogP contribution in [0, 0.1) is 13.8 Å². The quantitative estimate of drug-likeness (QED) is 0.575. The molecular formula is C19H19NO2. The summed E-state index contributed by atoms with van der Waals surface area (Å²) in [5.41, 5.74) is 4.39. The highest BCUT2D eigenvalue weighted by atomic mass is 16.5. The van der Waals surface area contributed by atoms with E-state index >= 15 is 0 Å². The SMILES string of the molecule is Cc1ccc(OC(=O)CCc2c[nH]c3ccccc23)c(C)c1. The van der Waals surface area contributed by atoms with E-state index in [1.165, 1.54) is 5.39 Å². The van der Waals surface area contributed by atoms with E-state index in [1.807, 2.05) is 56.4 Å². The van der Waals surface area contributed by atoms with Gasteiger partial charge in [0.2, 0.25) is 0 Å². The van der Waals surface area contributed by atoms with Gasteiger partial charge in [0.25, 0.3) is 0 Å². The lowest BCUT2D eigenvalue weighted by atomic mass is 10.1. The number of carbonyl (C=O) groups excluding carboxylic acids is 1. The predicted octanol–water partition coefficient (Wildman–Crippen LogP) is 4.32. The van der Waals surface area contributed by atoms with Crippen molar-refractivity contribution in [3.05, 3.63) is 65.4 Å². The van der Waals surface area contributed by atoms with Crippen molar-refractivity contribution in [2.24, 2.45) is 0 Å². The van der Waals surface area contributed by atoms with Gasteiger partial charge >= 0.3 is 5.97 Å². The van der Waals surface area contributed by atoms with Gasteiger partial charge in [-0.1, -0.05) is 35.9 Å². The lowest BCUT2D eigenvalue weighted by molar-refractivity contribution is -0.134. The number of para-hydroxylation sites is 1. The molecule has 1 heterocycles. The standard InChI is InChI=1S/C19H19NO2/c1-13-7-9-18(14(2)11-13)22-19(21)10-8-15-12-20-17-6-4-3-5-16(15)17/h3-7,9,11-12,20H,8,10H2,1-2H3. The van der Waals surface area contributed by atoms with E-state index in [2.05, 4.69) is 11.1 Å². The third kappa shape index (κ3) is 3.03. The molecule has 0 atom stereocenters. The zero-order valence-corrected chi connectivity index (χ0v) is 12.8. The van der Waals surface area contributed by atoms with Crippen LogP contribution < -0.4 is 4.74 Å². The van der Waals surface area contributed by atoms with Gasteiger partial charge in [-0.25, -0.2) is 0 Å². The van der Waals surface area contributed by atoms with E-state index in [-0.39, 0.29) is 5.97 Å². The maximum absolute atomic E-state index is 12.0. The number of esters is 1. The maximum atomic E-state index is 12.0. The predicted molar refractivity (Wildman–Crippen MR) is 88.2 cm³/mol. The number of benzene rings is 2. The van der Waals surface area contributed by atoms with E-state index in [0.29, 0.717) is 18.6 Å². The summed E-state index contributed by atoms with van der Waals surface area (Å²) in [4.78, 5) is 15.3. The Balaban J connectivity index is 1.65. The average molecular weight is 293 g/mol. The Morgan fingerprint density at radius 1 is 1.14 bits per heavy atom. The molecule has 0 radical (unpaired) electrons. The molecule has 0 unspecified atom stereocenters. The minimum Gasteiger partial charge on any atom is -0.426 e. The Kier molecular flexibility index (Phi) is 3.96. The lowest BCUT2D eigenvalue weighted by Gasteiger charge is -2.08. The van der Waals surface area contributed by atoms with Crippen LogP contribution in [0.15, 0.2) is 48.7 Å². The first-order valence-corrected chi connectivity index (χ1v) is 7.46. The number of aromatic nitrogens is 1. The molecule has 0 amide bonds.